The van der Waals surface area contributed by atoms with Gasteiger partial charge in [-0.3, -0.25) is 14.8 Å². The maximum Gasteiger partial charge on any atom is 0.269 e. The molecule has 1 fully saturated rings. The number of hydroxylamine groups is 2. The molecule has 0 radical (unpaired) electrons. The first-order valence-corrected chi connectivity index (χ1v) is 3.82. The monoisotopic (exact) mass is 172 g/mol. The molecule has 12 heavy (non-hydrogen) atoms. The van der Waals surface area contributed by atoms with Crippen molar-refractivity contribution in [2.24, 2.45) is 5.92 Å². The molecule has 5 nitrogen and oxygen atoms in total. The van der Waals surface area contributed by atoms with Crippen LogP contribution < -0.4 is 5.32 Å². The Morgan fingerprint density at radius 1 is 1.58 bits per heavy atom. The van der Waals surface area contributed by atoms with Gasteiger partial charge < -0.3 is 5.32 Å². The summed E-state index contributed by atoms with van der Waals surface area (Å²) in [5.74, 6) is -0.767. The van der Waals surface area contributed by atoms with E-state index in [-0.39, 0.29) is 18.4 Å². The fourth-order valence-corrected chi connectivity index (χ4v) is 1.11. The van der Waals surface area contributed by atoms with Crippen molar-refractivity contribution in [3.63, 3.8) is 0 Å². The van der Waals surface area contributed by atoms with Gasteiger partial charge in [0.15, 0.2) is 0 Å². The molecule has 2 amide bonds. The predicted molar refractivity (Wildman–Crippen MR) is 40.3 cm³/mol. The molecule has 68 valence electrons. The number of hydrogen-bond acceptors (Lipinski definition) is 3. The first-order valence-electron chi connectivity index (χ1n) is 3.82. The van der Waals surface area contributed by atoms with Gasteiger partial charge >= 0.3 is 0 Å². The van der Waals surface area contributed by atoms with E-state index in [9.17, 15) is 9.59 Å². The molecule has 5 heteroatoms. The maximum atomic E-state index is 11.2. The quantitative estimate of drug-likeness (QED) is 0.517. The summed E-state index contributed by atoms with van der Waals surface area (Å²) in [5.41, 5.74) is 0. The van der Waals surface area contributed by atoms with Crippen molar-refractivity contribution in [1.29, 1.82) is 0 Å². The van der Waals surface area contributed by atoms with Crippen molar-refractivity contribution in [3.05, 3.63) is 0 Å². The molecule has 1 saturated heterocycles. The lowest BCUT2D eigenvalue weighted by atomic mass is 10.0. The number of rotatable bonds is 1. The first kappa shape index (κ1) is 8.99. The number of piperazine rings is 1. The van der Waals surface area contributed by atoms with Crippen molar-refractivity contribution < 1.29 is 14.8 Å². The molecule has 0 aromatic carbocycles. The Labute approximate surface area is 70.3 Å². The van der Waals surface area contributed by atoms with Gasteiger partial charge in [-0.05, 0) is 5.92 Å². The molecule has 0 spiro atoms. The smallest absolute Gasteiger partial charge is 0.269 e. The van der Waals surface area contributed by atoms with Crippen molar-refractivity contribution in [2.75, 3.05) is 6.54 Å². The van der Waals surface area contributed by atoms with Crippen LogP contribution in [0.4, 0.5) is 0 Å². The molecule has 0 unspecified atom stereocenters. The molecular formula is C7H12N2O3. The van der Waals surface area contributed by atoms with E-state index in [4.69, 9.17) is 5.21 Å². The van der Waals surface area contributed by atoms with Crippen molar-refractivity contribution in [2.45, 2.75) is 19.9 Å². The van der Waals surface area contributed by atoms with Crippen LogP contribution in [0.15, 0.2) is 0 Å². The predicted octanol–water partition coefficient (Wildman–Crippen LogP) is -0.641. The minimum atomic E-state index is -0.587. The third-order valence-electron chi connectivity index (χ3n) is 1.80. The van der Waals surface area contributed by atoms with Gasteiger partial charge in [0.1, 0.15) is 12.6 Å². The summed E-state index contributed by atoms with van der Waals surface area (Å²) in [6.45, 7) is 3.35. The number of hydrogen-bond donors (Lipinski definition) is 2. The molecule has 0 aromatic rings. The molecule has 2 N–H and O–H groups in total. The molecule has 0 saturated carbocycles. The second-order valence-corrected chi connectivity index (χ2v) is 3.19. The van der Waals surface area contributed by atoms with E-state index < -0.39 is 11.9 Å². The van der Waals surface area contributed by atoms with E-state index in [2.05, 4.69) is 5.32 Å². The molecule has 0 bridgehead atoms. The van der Waals surface area contributed by atoms with E-state index in [0.29, 0.717) is 5.06 Å². The SMILES string of the molecule is CC(C)[C@@H]1NC(=O)CN(O)C1=O. The highest BCUT2D eigenvalue weighted by molar-refractivity contribution is 5.94. The normalized spacial score (nSPS) is 24.7. The lowest BCUT2D eigenvalue weighted by Crippen LogP contribution is -2.58. The Balaban J connectivity index is 2.73. The molecule has 1 atom stereocenters. The third-order valence-corrected chi connectivity index (χ3v) is 1.80. The van der Waals surface area contributed by atoms with Crippen molar-refractivity contribution in [3.8, 4) is 0 Å². The van der Waals surface area contributed by atoms with Crippen LogP contribution in [-0.4, -0.2) is 34.7 Å². The zero-order valence-corrected chi connectivity index (χ0v) is 7.07. The second kappa shape index (κ2) is 3.10. The number of carbonyl (C=O) groups excluding carboxylic acids is 2. The third kappa shape index (κ3) is 1.55. The van der Waals surface area contributed by atoms with Gasteiger partial charge in [-0.15, -0.1) is 0 Å². The molecule has 0 aromatic heterocycles. The van der Waals surface area contributed by atoms with Crippen LogP contribution in [-0.2, 0) is 9.59 Å². The summed E-state index contributed by atoms with van der Waals surface area (Å²) < 4.78 is 0. The van der Waals surface area contributed by atoms with Gasteiger partial charge in [-0.2, -0.15) is 0 Å². The first-order chi connectivity index (χ1) is 5.52. The Kier molecular flexibility index (Phi) is 2.32. The van der Waals surface area contributed by atoms with E-state index in [1.54, 1.807) is 0 Å². The minimum absolute atomic E-state index is 0.00333. The van der Waals surface area contributed by atoms with Crippen molar-refractivity contribution >= 4 is 11.8 Å². The Morgan fingerprint density at radius 2 is 2.17 bits per heavy atom. The molecular weight excluding hydrogens is 160 g/mol. The van der Waals surface area contributed by atoms with Gasteiger partial charge in [-0.25, -0.2) is 5.06 Å². The van der Waals surface area contributed by atoms with Crippen molar-refractivity contribution in [1.82, 2.24) is 10.4 Å². The summed E-state index contributed by atoms with van der Waals surface area (Å²) in [7, 11) is 0. The van der Waals surface area contributed by atoms with Crippen LogP contribution in [0.25, 0.3) is 0 Å². The number of nitrogens with one attached hydrogen (secondary N) is 1. The average molecular weight is 172 g/mol. The zero-order chi connectivity index (χ0) is 9.30. The molecule has 0 aliphatic carbocycles. The van der Waals surface area contributed by atoms with Gasteiger partial charge in [0.05, 0.1) is 0 Å². The van der Waals surface area contributed by atoms with Gasteiger partial charge in [-0.1, -0.05) is 13.8 Å². The summed E-state index contributed by atoms with van der Waals surface area (Å²) in [4.78, 5) is 22.0. The van der Waals surface area contributed by atoms with Crippen LogP contribution in [0, 0.1) is 5.92 Å². The fraction of sp³-hybridized carbons (Fsp3) is 0.714. The molecule has 1 heterocycles. The second-order valence-electron chi connectivity index (χ2n) is 3.19. The summed E-state index contributed by atoms with van der Waals surface area (Å²) in [5, 5.41) is 12.0. The maximum absolute atomic E-state index is 11.2. The van der Waals surface area contributed by atoms with E-state index >= 15 is 0 Å². The average Bonchev–Trinajstić information content (AvgIpc) is 1.96. The van der Waals surface area contributed by atoms with E-state index in [1.165, 1.54) is 0 Å². The lowest BCUT2D eigenvalue weighted by molar-refractivity contribution is -0.178. The summed E-state index contributed by atoms with van der Waals surface area (Å²) >= 11 is 0. The highest BCUT2D eigenvalue weighted by atomic mass is 16.5. The van der Waals surface area contributed by atoms with Crippen LogP contribution in [0.5, 0.6) is 0 Å². The lowest BCUT2D eigenvalue weighted by Gasteiger charge is -2.30. The molecule has 1 aliphatic heterocycles. The Morgan fingerprint density at radius 3 is 2.67 bits per heavy atom. The van der Waals surface area contributed by atoms with Gasteiger partial charge in [0.2, 0.25) is 5.91 Å². The molecule has 1 aliphatic rings. The number of carbonyl (C=O) groups is 2. The number of amides is 2. The zero-order valence-electron chi connectivity index (χ0n) is 7.07. The topological polar surface area (TPSA) is 69.6 Å². The van der Waals surface area contributed by atoms with E-state index in [0.717, 1.165) is 0 Å². The van der Waals surface area contributed by atoms with E-state index in [1.807, 2.05) is 13.8 Å². The Bertz CT molecular complexity index is 215. The number of nitrogens with zero attached hydrogens (tertiary/aromatic N) is 1. The Hall–Kier alpha value is -1.10. The highest BCUT2D eigenvalue weighted by Gasteiger charge is 2.33. The van der Waals surface area contributed by atoms with Crippen LogP contribution in [0.2, 0.25) is 0 Å². The van der Waals surface area contributed by atoms with Crippen LogP contribution in [0.1, 0.15) is 13.8 Å². The minimum Gasteiger partial charge on any atom is -0.342 e. The fourth-order valence-electron chi connectivity index (χ4n) is 1.11. The molecule has 1 rings (SSSR count). The highest BCUT2D eigenvalue weighted by Crippen LogP contribution is 2.08. The van der Waals surface area contributed by atoms with Gasteiger partial charge in [0.25, 0.3) is 5.91 Å². The largest absolute Gasteiger partial charge is 0.342 e. The van der Waals surface area contributed by atoms with Gasteiger partial charge in [0, 0.05) is 0 Å². The summed E-state index contributed by atoms with van der Waals surface area (Å²) in [6, 6.07) is -0.587. The standard InChI is InChI=1S/C7H12N2O3/c1-4(2)6-7(11)9(12)3-5(10)8-6/h4,6,12H,3H2,1-2H3,(H,8,10)/t6-/m0/s1. The summed E-state index contributed by atoms with van der Waals surface area (Å²) in [6.07, 6.45) is 0. The van der Waals surface area contributed by atoms with Crippen LogP contribution >= 0.6 is 0 Å². The van der Waals surface area contributed by atoms with Crippen LogP contribution in [0.3, 0.4) is 0 Å².